The van der Waals surface area contributed by atoms with Gasteiger partial charge in [0, 0.05) is 13.2 Å². The van der Waals surface area contributed by atoms with E-state index in [1.165, 1.54) is 18.2 Å². The molecule has 0 radical (unpaired) electrons. The number of aliphatic hydroxyl groups excluding tert-OH is 1. The van der Waals surface area contributed by atoms with E-state index in [0.717, 1.165) is 12.8 Å². The first-order valence-corrected chi connectivity index (χ1v) is 5.97. The number of hydrogen-bond donors (Lipinski definition) is 4. The van der Waals surface area contributed by atoms with Crippen LogP contribution in [0.3, 0.4) is 0 Å². The van der Waals surface area contributed by atoms with Gasteiger partial charge in [0.2, 0.25) is 0 Å². The van der Waals surface area contributed by atoms with E-state index >= 15 is 0 Å². The number of aromatic hydroxyl groups is 2. The zero-order chi connectivity index (χ0) is 13.2. The standard InChI is InChI=1S/C13H17NO4/c15-6-5-13(3-4-13)8-14-12(18)10-7-9(16)1-2-11(10)17/h1-2,7,15-17H,3-6,8H2,(H,14,18). The van der Waals surface area contributed by atoms with Crippen molar-refractivity contribution in [2.75, 3.05) is 13.2 Å². The third-order valence-corrected chi connectivity index (χ3v) is 3.45. The largest absolute Gasteiger partial charge is 0.508 e. The van der Waals surface area contributed by atoms with Crippen LogP contribution in [0.2, 0.25) is 0 Å². The van der Waals surface area contributed by atoms with Crippen LogP contribution in [-0.4, -0.2) is 34.4 Å². The van der Waals surface area contributed by atoms with Gasteiger partial charge in [-0.1, -0.05) is 0 Å². The lowest BCUT2D eigenvalue weighted by atomic mass is 10.0. The first kappa shape index (κ1) is 12.7. The van der Waals surface area contributed by atoms with Crippen molar-refractivity contribution in [3.05, 3.63) is 23.8 Å². The number of amides is 1. The normalized spacial score (nSPS) is 16.3. The topological polar surface area (TPSA) is 89.8 Å². The van der Waals surface area contributed by atoms with Crippen LogP contribution in [0.1, 0.15) is 29.6 Å². The van der Waals surface area contributed by atoms with Crippen molar-refractivity contribution in [1.82, 2.24) is 5.32 Å². The summed E-state index contributed by atoms with van der Waals surface area (Å²) in [4.78, 5) is 11.9. The third-order valence-electron chi connectivity index (χ3n) is 3.45. The summed E-state index contributed by atoms with van der Waals surface area (Å²) in [5, 5.41) is 30.5. The zero-order valence-corrected chi connectivity index (χ0v) is 10.0. The monoisotopic (exact) mass is 251 g/mol. The van der Waals surface area contributed by atoms with Crippen LogP contribution in [0.15, 0.2) is 18.2 Å². The number of aliphatic hydroxyl groups is 1. The molecule has 1 aliphatic carbocycles. The maximum absolute atomic E-state index is 11.9. The number of nitrogens with one attached hydrogen (secondary N) is 1. The second-order valence-corrected chi connectivity index (χ2v) is 4.86. The van der Waals surface area contributed by atoms with Gasteiger partial charge in [0.15, 0.2) is 0 Å². The highest BCUT2D eigenvalue weighted by Crippen LogP contribution is 2.47. The number of benzene rings is 1. The first-order chi connectivity index (χ1) is 8.56. The summed E-state index contributed by atoms with van der Waals surface area (Å²) in [5.41, 5.74) is 0.0893. The summed E-state index contributed by atoms with van der Waals surface area (Å²) >= 11 is 0. The van der Waals surface area contributed by atoms with Gasteiger partial charge >= 0.3 is 0 Å². The van der Waals surface area contributed by atoms with Crippen LogP contribution in [0, 0.1) is 5.41 Å². The molecule has 4 N–H and O–H groups in total. The fraction of sp³-hybridized carbons (Fsp3) is 0.462. The van der Waals surface area contributed by atoms with Gasteiger partial charge in [-0.2, -0.15) is 0 Å². The fourth-order valence-corrected chi connectivity index (χ4v) is 2.00. The van der Waals surface area contributed by atoms with E-state index in [0.29, 0.717) is 13.0 Å². The van der Waals surface area contributed by atoms with Gasteiger partial charge in [0.25, 0.3) is 5.91 Å². The van der Waals surface area contributed by atoms with Gasteiger partial charge in [-0.25, -0.2) is 0 Å². The second-order valence-electron chi connectivity index (χ2n) is 4.86. The Hall–Kier alpha value is -1.75. The number of rotatable bonds is 5. The Labute approximate surface area is 105 Å². The Kier molecular flexibility index (Phi) is 3.43. The number of carbonyl (C=O) groups is 1. The number of phenolic OH excluding ortho intramolecular Hbond substituents is 2. The molecule has 0 bridgehead atoms. The van der Waals surface area contributed by atoms with E-state index in [4.69, 9.17) is 5.11 Å². The van der Waals surface area contributed by atoms with Crippen molar-refractivity contribution < 1.29 is 20.1 Å². The molecule has 98 valence electrons. The molecule has 2 rings (SSSR count). The molecule has 1 aromatic rings. The lowest BCUT2D eigenvalue weighted by Gasteiger charge is -2.14. The molecule has 0 unspecified atom stereocenters. The van der Waals surface area contributed by atoms with E-state index in [-0.39, 0.29) is 29.1 Å². The molecule has 0 aromatic heterocycles. The van der Waals surface area contributed by atoms with Gasteiger partial charge in [-0.05, 0) is 42.9 Å². The summed E-state index contributed by atoms with van der Waals surface area (Å²) in [6, 6.07) is 3.83. The maximum Gasteiger partial charge on any atom is 0.255 e. The van der Waals surface area contributed by atoms with Crippen molar-refractivity contribution in [3.63, 3.8) is 0 Å². The van der Waals surface area contributed by atoms with Gasteiger partial charge < -0.3 is 20.6 Å². The van der Waals surface area contributed by atoms with E-state index < -0.39 is 5.91 Å². The van der Waals surface area contributed by atoms with Gasteiger partial charge in [-0.15, -0.1) is 0 Å². The average Bonchev–Trinajstić information content (AvgIpc) is 3.10. The quantitative estimate of drug-likeness (QED) is 0.587. The van der Waals surface area contributed by atoms with E-state index in [1.807, 2.05) is 0 Å². The Balaban J connectivity index is 1.98. The minimum absolute atomic E-state index is 0.0247. The van der Waals surface area contributed by atoms with E-state index in [2.05, 4.69) is 5.32 Å². The third kappa shape index (κ3) is 2.73. The van der Waals surface area contributed by atoms with Crippen molar-refractivity contribution in [2.45, 2.75) is 19.3 Å². The minimum Gasteiger partial charge on any atom is -0.508 e. The van der Waals surface area contributed by atoms with Crippen molar-refractivity contribution >= 4 is 5.91 Å². The van der Waals surface area contributed by atoms with Gasteiger partial charge in [-0.3, -0.25) is 4.79 Å². The van der Waals surface area contributed by atoms with Crippen LogP contribution < -0.4 is 5.32 Å². The zero-order valence-electron chi connectivity index (χ0n) is 10.0. The lowest BCUT2D eigenvalue weighted by Crippen LogP contribution is -2.30. The predicted molar refractivity (Wildman–Crippen MR) is 65.5 cm³/mol. The molecule has 1 aromatic carbocycles. The van der Waals surface area contributed by atoms with E-state index in [1.54, 1.807) is 0 Å². The molecule has 1 amide bonds. The van der Waals surface area contributed by atoms with E-state index in [9.17, 15) is 15.0 Å². The maximum atomic E-state index is 11.9. The van der Waals surface area contributed by atoms with Crippen LogP contribution >= 0.6 is 0 Å². The lowest BCUT2D eigenvalue weighted by molar-refractivity contribution is 0.0937. The Morgan fingerprint density at radius 3 is 2.67 bits per heavy atom. The molecule has 1 saturated carbocycles. The van der Waals surface area contributed by atoms with Crippen LogP contribution in [0.5, 0.6) is 11.5 Å². The fourth-order valence-electron chi connectivity index (χ4n) is 2.00. The average molecular weight is 251 g/mol. The minimum atomic E-state index is -0.410. The molecular weight excluding hydrogens is 234 g/mol. The Morgan fingerprint density at radius 2 is 2.06 bits per heavy atom. The van der Waals surface area contributed by atoms with Gasteiger partial charge in [0.05, 0.1) is 5.56 Å². The van der Waals surface area contributed by atoms with Crippen LogP contribution in [-0.2, 0) is 0 Å². The molecule has 5 nitrogen and oxygen atoms in total. The van der Waals surface area contributed by atoms with Crippen LogP contribution in [0.25, 0.3) is 0 Å². The van der Waals surface area contributed by atoms with Crippen LogP contribution in [0.4, 0.5) is 0 Å². The molecule has 0 saturated heterocycles. The smallest absolute Gasteiger partial charge is 0.255 e. The highest BCUT2D eigenvalue weighted by Gasteiger charge is 2.41. The summed E-state index contributed by atoms with van der Waals surface area (Å²) in [6.07, 6.45) is 2.68. The molecule has 5 heteroatoms. The van der Waals surface area contributed by atoms with Crippen molar-refractivity contribution in [1.29, 1.82) is 0 Å². The second kappa shape index (κ2) is 4.86. The molecule has 0 heterocycles. The molecular formula is C13H17NO4. The highest BCUT2D eigenvalue weighted by atomic mass is 16.3. The molecule has 18 heavy (non-hydrogen) atoms. The summed E-state index contributed by atoms with van der Waals surface area (Å²) in [6.45, 7) is 0.606. The highest BCUT2D eigenvalue weighted by molar-refractivity contribution is 5.97. The molecule has 0 spiro atoms. The number of hydrogen-bond acceptors (Lipinski definition) is 4. The summed E-state index contributed by atoms with van der Waals surface area (Å²) in [5.74, 6) is -0.626. The predicted octanol–water partition coefficient (Wildman–Crippen LogP) is 0.990. The number of carbonyl (C=O) groups excluding carboxylic acids is 1. The van der Waals surface area contributed by atoms with Crippen molar-refractivity contribution in [3.8, 4) is 11.5 Å². The Bertz CT molecular complexity index is 454. The van der Waals surface area contributed by atoms with Crippen molar-refractivity contribution in [2.24, 2.45) is 5.41 Å². The summed E-state index contributed by atoms with van der Waals surface area (Å²) in [7, 11) is 0. The molecule has 1 fully saturated rings. The number of phenols is 2. The molecule has 0 aliphatic heterocycles. The summed E-state index contributed by atoms with van der Waals surface area (Å²) < 4.78 is 0. The first-order valence-electron chi connectivity index (χ1n) is 5.97. The molecule has 0 atom stereocenters. The Morgan fingerprint density at radius 1 is 1.33 bits per heavy atom. The molecule has 1 aliphatic rings. The SMILES string of the molecule is O=C(NCC1(CCO)CC1)c1cc(O)ccc1O. The van der Waals surface area contributed by atoms with Gasteiger partial charge in [0.1, 0.15) is 11.5 Å².